The fourth-order valence-corrected chi connectivity index (χ4v) is 4.82. The topological polar surface area (TPSA) is 86.9 Å². The number of rotatable bonds is 3. The predicted octanol–water partition coefficient (Wildman–Crippen LogP) is 3.78. The van der Waals surface area contributed by atoms with Gasteiger partial charge in [-0.15, -0.1) is 11.3 Å². The summed E-state index contributed by atoms with van der Waals surface area (Å²) < 4.78 is 19.4. The molecule has 1 atom stereocenters. The molecule has 1 N–H and O–H groups in total. The second-order valence-corrected chi connectivity index (χ2v) is 8.94. The van der Waals surface area contributed by atoms with Crippen molar-refractivity contribution in [3.05, 3.63) is 56.6 Å². The van der Waals surface area contributed by atoms with Crippen molar-refractivity contribution in [2.45, 2.75) is 38.9 Å². The Morgan fingerprint density at radius 1 is 1.43 bits per heavy atom. The van der Waals surface area contributed by atoms with Crippen LogP contribution in [0, 0.1) is 6.92 Å². The standard InChI is InChI=1S/C21H22FN3O4S/c1-12-17(18(23-29-12)13-4-7-21(2,22)8-5-13)20(27)25-9-6-14-10-15(19(26)24(3)28)30-16(14)11-25/h4-5,7,10,28H,6,8-9,11H2,1-3H3. The van der Waals surface area contributed by atoms with Gasteiger partial charge in [-0.3, -0.25) is 14.8 Å². The van der Waals surface area contributed by atoms with Crippen LogP contribution in [-0.4, -0.2) is 51.4 Å². The van der Waals surface area contributed by atoms with E-state index in [9.17, 15) is 19.2 Å². The zero-order valence-corrected chi connectivity index (χ0v) is 17.8. The maximum absolute atomic E-state index is 14.1. The van der Waals surface area contributed by atoms with Gasteiger partial charge < -0.3 is 9.42 Å². The van der Waals surface area contributed by atoms with Crippen LogP contribution in [-0.2, 0) is 13.0 Å². The van der Waals surface area contributed by atoms with Gasteiger partial charge in [0, 0.05) is 30.5 Å². The number of halogens is 1. The quantitative estimate of drug-likeness (QED) is 0.590. The average Bonchev–Trinajstić information content (AvgIpc) is 3.29. The molecule has 2 aromatic heterocycles. The summed E-state index contributed by atoms with van der Waals surface area (Å²) in [7, 11) is 1.28. The van der Waals surface area contributed by atoms with E-state index in [0.717, 1.165) is 10.4 Å². The van der Waals surface area contributed by atoms with Crippen molar-refractivity contribution in [1.29, 1.82) is 0 Å². The number of thiophene rings is 1. The minimum Gasteiger partial charge on any atom is -0.360 e. The van der Waals surface area contributed by atoms with Crippen LogP contribution in [0.15, 0.2) is 28.8 Å². The maximum atomic E-state index is 14.1. The number of hydroxylamine groups is 2. The molecule has 0 radical (unpaired) electrons. The van der Waals surface area contributed by atoms with E-state index < -0.39 is 11.6 Å². The average molecular weight is 431 g/mol. The summed E-state index contributed by atoms with van der Waals surface area (Å²) in [5, 5.41) is 14.0. The van der Waals surface area contributed by atoms with Crippen molar-refractivity contribution < 1.29 is 23.7 Å². The van der Waals surface area contributed by atoms with Crippen LogP contribution in [0.5, 0.6) is 0 Å². The molecular weight excluding hydrogens is 409 g/mol. The van der Waals surface area contributed by atoms with E-state index in [1.807, 2.05) is 0 Å². The highest BCUT2D eigenvalue weighted by Gasteiger charge is 2.31. The van der Waals surface area contributed by atoms with Crippen LogP contribution < -0.4 is 0 Å². The van der Waals surface area contributed by atoms with Crippen molar-refractivity contribution in [2.24, 2.45) is 0 Å². The summed E-state index contributed by atoms with van der Waals surface area (Å²) in [5.41, 5.74) is 1.06. The SMILES string of the molecule is Cc1onc(C2=CCC(C)(F)C=C2)c1C(=O)N1CCc2cc(C(=O)N(C)O)sc2C1. The summed E-state index contributed by atoms with van der Waals surface area (Å²) in [4.78, 5) is 28.4. The molecule has 2 amide bonds. The largest absolute Gasteiger partial charge is 0.360 e. The number of hydrogen-bond donors (Lipinski definition) is 1. The fraction of sp³-hybridized carbons (Fsp3) is 0.381. The molecule has 0 bridgehead atoms. The molecule has 1 aliphatic carbocycles. The highest BCUT2D eigenvalue weighted by atomic mass is 32.1. The molecule has 0 saturated carbocycles. The summed E-state index contributed by atoms with van der Waals surface area (Å²) in [5.74, 6) is -0.272. The molecule has 30 heavy (non-hydrogen) atoms. The Labute approximate surface area is 177 Å². The third-order valence-electron chi connectivity index (χ3n) is 5.36. The van der Waals surface area contributed by atoms with Gasteiger partial charge in [-0.2, -0.15) is 0 Å². The smallest absolute Gasteiger partial charge is 0.287 e. The lowest BCUT2D eigenvalue weighted by Gasteiger charge is -2.27. The van der Waals surface area contributed by atoms with E-state index in [1.54, 1.807) is 30.0 Å². The first-order chi connectivity index (χ1) is 14.2. The van der Waals surface area contributed by atoms with Crippen LogP contribution >= 0.6 is 11.3 Å². The van der Waals surface area contributed by atoms with E-state index in [1.165, 1.54) is 31.4 Å². The Morgan fingerprint density at radius 3 is 2.87 bits per heavy atom. The van der Waals surface area contributed by atoms with Gasteiger partial charge in [0.1, 0.15) is 22.7 Å². The van der Waals surface area contributed by atoms with Gasteiger partial charge in [-0.25, -0.2) is 9.45 Å². The number of carbonyl (C=O) groups excluding carboxylic acids is 2. The number of carbonyl (C=O) groups is 2. The molecule has 2 aromatic rings. The molecule has 7 nitrogen and oxygen atoms in total. The van der Waals surface area contributed by atoms with Gasteiger partial charge in [-0.05, 0) is 38.0 Å². The number of hydrogen-bond acceptors (Lipinski definition) is 6. The second-order valence-electron chi connectivity index (χ2n) is 7.80. The monoisotopic (exact) mass is 431 g/mol. The maximum Gasteiger partial charge on any atom is 0.287 e. The number of aromatic nitrogens is 1. The minimum absolute atomic E-state index is 0.205. The zero-order valence-electron chi connectivity index (χ0n) is 16.9. The Balaban J connectivity index is 1.59. The number of allylic oxidation sites excluding steroid dienone is 4. The molecule has 9 heteroatoms. The van der Waals surface area contributed by atoms with Gasteiger partial charge in [0.05, 0.1) is 11.4 Å². The van der Waals surface area contributed by atoms with Crippen LogP contribution in [0.4, 0.5) is 4.39 Å². The van der Waals surface area contributed by atoms with Crippen molar-refractivity contribution in [2.75, 3.05) is 13.6 Å². The van der Waals surface area contributed by atoms with Gasteiger partial charge in [0.2, 0.25) is 0 Å². The first kappa shape index (κ1) is 20.5. The predicted molar refractivity (Wildman–Crippen MR) is 109 cm³/mol. The van der Waals surface area contributed by atoms with Gasteiger partial charge in [0.25, 0.3) is 11.8 Å². The first-order valence-electron chi connectivity index (χ1n) is 9.59. The van der Waals surface area contributed by atoms with E-state index in [0.29, 0.717) is 52.0 Å². The van der Waals surface area contributed by atoms with Gasteiger partial charge >= 0.3 is 0 Å². The third-order valence-corrected chi connectivity index (χ3v) is 6.51. The van der Waals surface area contributed by atoms with E-state index in [2.05, 4.69) is 5.16 Å². The number of nitrogens with zero attached hydrogens (tertiary/aromatic N) is 3. The zero-order chi connectivity index (χ0) is 21.6. The second kappa shape index (κ2) is 7.48. The number of amides is 2. The lowest BCUT2D eigenvalue weighted by Crippen LogP contribution is -2.35. The van der Waals surface area contributed by atoms with Crippen LogP contribution in [0.1, 0.15) is 55.3 Å². The van der Waals surface area contributed by atoms with Crippen LogP contribution in [0.2, 0.25) is 0 Å². The molecule has 1 aliphatic heterocycles. The van der Waals surface area contributed by atoms with Crippen molar-refractivity contribution >= 4 is 28.7 Å². The van der Waals surface area contributed by atoms with E-state index in [4.69, 9.17) is 4.52 Å². The van der Waals surface area contributed by atoms with E-state index in [-0.39, 0.29) is 12.3 Å². The molecule has 0 fully saturated rings. The Hall–Kier alpha value is -2.78. The highest BCUT2D eigenvalue weighted by Crippen LogP contribution is 2.33. The summed E-state index contributed by atoms with van der Waals surface area (Å²) in [6.07, 6.45) is 5.65. The molecule has 2 aliphatic rings. The first-order valence-corrected chi connectivity index (χ1v) is 10.4. The Morgan fingerprint density at radius 2 is 2.20 bits per heavy atom. The molecule has 1 unspecified atom stereocenters. The molecular formula is C21H22FN3O4S. The summed E-state index contributed by atoms with van der Waals surface area (Å²) >= 11 is 1.28. The number of fused-ring (bicyclic) bond motifs is 1. The van der Waals surface area contributed by atoms with Crippen molar-refractivity contribution in [3.63, 3.8) is 0 Å². The Bertz CT molecular complexity index is 1080. The lowest BCUT2D eigenvalue weighted by molar-refractivity contribution is -0.0371. The van der Waals surface area contributed by atoms with Crippen LogP contribution in [0.3, 0.4) is 0 Å². The van der Waals surface area contributed by atoms with Crippen LogP contribution in [0.25, 0.3) is 5.57 Å². The number of aryl methyl sites for hydroxylation is 1. The minimum atomic E-state index is -1.41. The van der Waals surface area contributed by atoms with Gasteiger partial charge in [-0.1, -0.05) is 17.3 Å². The summed E-state index contributed by atoms with van der Waals surface area (Å²) in [6, 6.07) is 1.78. The normalized spacial score (nSPS) is 20.7. The molecule has 3 heterocycles. The van der Waals surface area contributed by atoms with E-state index >= 15 is 0 Å². The molecule has 0 spiro atoms. The molecule has 158 valence electrons. The van der Waals surface area contributed by atoms with Crippen molar-refractivity contribution in [3.8, 4) is 0 Å². The number of alkyl halides is 1. The Kier molecular flexibility index (Phi) is 5.11. The third kappa shape index (κ3) is 3.70. The van der Waals surface area contributed by atoms with Crippen molar-refractivity contribution in [1.82, 2.24) is 15.1 Å². The fourth-order valence-electron chi connectivity index (χ4n) is 3.62. The highest BCUT2D eigenvalue weighted by molar-refractivity contribution is 7.14. The molecule has 0 saturated heterocycles. The summed E-state index contributed by atoms with van der Waals surface area (Å²) in [6.45, 7) is 4.04. The molecule has 4 rings (SSSR count). The molecule has 0 aromatic carbocycles. The van der Waals surface area contributed by atoms with Gasteiger partial charge in [0.15, 0.2) is 0 Å². The lowest BCUT2D eigenvalue weighted by atomic mass is 9.92.